The first-order valence-corrected chi connectivity index (χ1v) is 15.5. The first-order chi connectivity index (χ1) is 20.4. The summed E-state index contributed by atoms with van der Waals surface area (Å²) in [6.07, 6.45) is 2.69. The summed E-state index contributed by atoms with van der Waals surface area (Å²) in [6, 6.07) is 11.7. The molecular weight excluding hydrogens is 696 g/mol. The molecule has 1 saturated carbocycles. The Hall–Kier alpha value is -3.01. The number of fused-ring (bicyclic) bond motifs is 1. The van der Waals surface area contributed by atoms with Crippen LogP contribution in [-0.2, 0) is 14.8 Å². The van der Waals surface area contributed by atoms with Crippen molar-refractivity contribution in [2.24, 2.45) is 5.34 Å². The number of nitrogens with one attached hydrogen (secondary N) is 1. The first-order valence-electron chi connectivity index (χ1n) is 12.5. The van der Waals surface area contributed by atoms with Crippen molar-refractivity contribution >= 4 is 71.8 Å². The molecule has 1 N–H and O–H groups in total. The van der Waals surface area contributed by atoms with Crippen molar-refractivity contribution in [3.63, 3.8) is 0 Å². The number of rotatable bonds is 7. The van der Waals surface area contributed by atoms with E-state index in [1.807, 2.05) is 0 Å². The average Bonchev–Trinajstić information content (AvgIpc) is 3.74. The molecule has 1 heterocycles. The van der Waals surface area contributed by atoms with Gasteiger partial charge in [0.1, 0.15) is 17.2 Å². The molecule has 0 radical (unpaired) electrons. The zero-order valence-electron chi connectivity index (χ0n) is 23.8. The molecule has 0 bridgehead atoms. The molecule has 1 aromatic heterocycles. The van der Waals surface area contributed by atoms with E-state index >= 15 is 0 Å². The van der Waals surface area contributed by atoms with Crippen LogP contribution in [0.15, 0.2) is 62.8 Å². The molecule has 1 aliphatic carbocycles. The number of sulfonamides is 1. The quantitative estimate of drug-likeness (QED) is 0.130. The van der Waals surface area contributed by atoms with Gasteiger partial charge in [-0.2, -0.15) is 0 Å². The third kappa shape index (κ3) is 7.27. The molecule has 0 saturated heterocycles. The molecule has 44 heavy (non-hydrogen) atoms. The third-order valence-corrected chi connectivity index (χ3v) is 9.07. The Balaban J connectivity index is 0.00000127. The van der Waals surface area contributed by atoms with Gasteiger partial charge in [-0.05, 0) is 82.7 Å². The smallest absolute Gasteiger partial charge is 0.465 e. The minimum Gasteiger partial charge on any atom is -0.465 e. The van der Waals surface area contributed by atoms with Crippen LogP contribution >= 0.6 is 27.5 Å². The molecule has 1 aliphatic rings. The second-order valence-electron chi connectivity index (χ2n) is 9.46. The zero-order chi connectivity index (χ0) is 31.6. The second kappa shape index (κ2) is 14.4. The first kappa shape index (κ1) is 35.5. The van der Waals surface area contributed by atoms with Crippen LogP contribution in [0, 0.1) is 15.9 Å². The van der Waals surface area contributed by atoms with Crippen molar-refractivity contribution in [3.8, 4) is 11.3 Å². The summed E-state index contributed by atoms with van der Waals surface area (Å²) < 4.78 is 52.6. The molecule has 0 atom stereocenters. The van der Waals surface area contributed by atoms with Gasteiger partial charge in [-0.25, -0.2) is 21.9 Å². The van der Waals surface area contributed by atoms with E-state index in [0.29, 0.717) is 22.2 Å². The van der Waals surface area contributed by atoms with Gasteiger partial charge in [-0.1, -0.05) is 11.6 Å². The summed E-state index contributed by atoms with van der Waals surface area (Å²) in [5.41, 5.74) is 2.14. The van der Waals surface area contributed by atoms with E-state index in [4.69, 9.17) is 30.9 Å². The number of methoxy groups -OCH3 is 1. The third-order valence-electron chi connectivity index (χ3n) is 6.62. The molecule has 1 fully saturated rings. The predicted molar refractivity (Wildman–Crippen MR) is 164 cm³/mol. The number of hydrogen-bond donors (Lipinski definition) is 1. The van der Waals surface area contributed by atoms with E-state index in [1.54, 1.807) is 12.1 Å². The largest absolute Gasteiger partial charge is 1.00 e. The van der Waals surface area contributed by atoms with Gasteiger partial charge in [0.2, 0.25) is 10.0 Å². The Morgan fingerprint density at radius 2 is 1.80 bits per heavy atom. The number of furan rings is 1. The van der Waals surface area contributed by atoms with Crippen LogP contribution in [0.5, 0.6) is 0 Å². The predicted octanol–water partition coefficient (Wildman–Crippen LogP) is 4.03. The van der Waals surface area contributed by atoms with Gasteiger partial charge < -0.3 is 24.6 Å². The maximum absolute atomic E-state index is 13.6. The van der Waals surface area contributed by atoms with E-state index < -0.39 is 27.7 Å². The molecule has 3 aromatic carbocycles. The summed E-state index contributed by atoms with van der Waals surface area (Å²) in [4.78, 5) is 33.5. The standard InChI is InChI=1S/C28H23BrClFN2O6S.HNO2.Na/c1-32-27(34)24-19-12-18(14-4-5-14)22(13-23(19)39-26(24)15-6-8-16(31)9-7-15)33(40(3,36)37)17-10-20(28(35)38-2)25(29)21(30)11-17;2-1-3;/h6-14H,4-5H2,1-3H3,(H,32,34);(H,2,3);/q;;+1/p-1. The van der Waals surface area contributed by atoms with Gasteiger partial charge in [-0.3, -0.25) is 4.79 Å². The Kier molecular flexibility index (Phi) is 11.6. The van der Waals surface area contributed by atoms with Crippen LogP contribution in [0.2, 0.25) is 5.02 Å². The van der Waals surface area contributed by atoms with Crippen molar-refractivity contribution < 1.29 is 61.1 Å². The molecule has 4 aromatic rings. The van der Waals surface area contributed by atoms with Crippen LogP contribution in [0.25, 0.3) is 22.3 Å². The van der Waals surface area contributed by atoms with Gasteiger partial charge in [-0.15, -0.1) is 5.34 Å². The molecule has 0 aliphatic heterocycles. The topological polar surface area (TPSA) is 158 Å². The van der Waals surface area contributed by atoms with E-state index in [0.717, 1.165) is 28.7 Å². The summed E-state index contributed by atoms with van der Waals surface area (Å²) in [7, 11) is -1.28. The second-order valence-corrected chi connectivity index (χ2v) is 12.5. The Morgan fingerprint density at radius 1 is 1.18 bits per heavy atom. The molecule has 226 valence electrons. The molecule has 1 amide bonds. The van der Waals surface area contributed by atoms with Crippen molar-refractivity contribution in [3.05, 3.63) is 90.6 Å². The summed E-state index contributed by atoms with van der Waals surface area (Å²) in [5.74, 6) is -1.29. The van der Waals surface area contributed by atoms with Crippen molar-refractivity contribution in [2.75, 3.05) is 24.7 Å². The fourth-order valence-corrected chi connectivity index (χ4v) is 6.27. The van der Waals surface area contributed by atoms with Crippen LogP contribution in [-0.4, -0.2) is 40.7 Å². The summed E-state index contributed by atoms with van der Waals surface area (Å²) >= 11 is 9.67. The minimum absolute atomic E-state index is 0. The van der Waals surface area contributed by atoms with Crippen molar-refractivity contribution in [2.45, 2.75) is 18.8 Å². The average molecular weight is 719 g/mol. The van der Waals surface area contributed by atoms with Crippen molar-refractivity contribution in [1.29, 1.82) is 0 Å². The van der Waals surface area contributed by atoms with Crippen LogP contribution in [0.4, 0.5) is 15.8 Å². The fraction of sp³-hybridized carbons (Fsp3) is 0.214. The van der Waals surface area contributed by atoms with E-state index in [-0.39, 0.29) is 73.1 Å². The minimum atomic E-state index is -3.98. The van der Waals surface area contributed by atoms with Gasteiger partial charge in [0.25, 0.3) is 5.91 Å². The van der Waals surface area contributed by atoms with Crippen LogP contribution in [0.3, 0.4) is 0 Å². The number of carbonyl (C=O) groups excluding carboxylic acids is 2. The molecule has 0 spiro atoms. The van der Waals surface area contributed by atoms with Crippen LogP contribution in [0.1, 0.15) is 45.0 Å². The maximum atomic E-state index is 13.6. The number of benzene rings is 3. The summed E-state index contributed by atoms with van der Waals surface area (Å²) in [5, 5.41) is 12.2. The van der Waals surface area contributed by atoms with Gasteiger partial charge in [0, 0.05) is 24.1 Å². The SMILES string of the molecule is CNC(=O)c1c(-c2ccc(F)cc2)oc2cc(N(c3cc(Cl)c(Br)c(C(=O)OC)c3)S(C)(=O)=O)c(C3CC3)cc12.O=N[O-].[Na+]. The number of anilines is 2. The zero-order valence-corrected chi connectivity index (χ0v) is 29.0. The number of carbonyl (C=O) groups is 2. The molecule has 0 unspecified atom stereocenters. The summed E-state index contributed by atoms with van der Waals surface area (Å²) in [6.45, 7) is 0. The number of ether oxygens (including phenoxy) is 1. The van der Waals surface area contributed by atoms with E-state index in [9.17, 15) is 22.4 Å². The molecule has 11 nitrogen and oxygen atoms in total. The molecular formula is C28H23BrClFN3NaO8S. The fourth-order valence-electron chi connectivity index (χ4n) is 4.66. The number of esters is 1. The Morgan fingerprint density at radius 3 is 2.32 bits per heavy atom. The number of amides is 1. The van der Waals surface area contributed by atoms with Crippen molar-refractivity contribution in [1.82, 2.24) is 5.32 Å². The normalized spacial score (nSPS) is 12.4. The van der Waals surface area contributed by atoms with Gasteiger partial charge >= 0.3 is 35.5 Å². The van der Waals surface area contributed by atoms with Crippen LogP contribution < -0.4 is 39.2 Å². The molecule has 16 heteroatoms. The number of nitrogens with zero attached hydrogens (tertiary/aromatic N) is 2. The number of halogens is 3. The van der Waals surface area contributed by atoms with Gasteiger partial charge in [0.05, 0.1) is 45.4 Å². The van der Waals surface area contributed by atoms with E-state index in [1.165, 1.54) is 50.6 Å². The Bertz CT molecular complexity index is 1850. The maximum Gasteiger partial charge on any atom is 1.00 e. The number of hydrogen-bond acceptors (Lipinski definition) is 9. The monoisotopic (exact) mass is 717 g/mol. The van der Waals surface area contributed by atoms with E-state index in [2.05, 4.69) is 21.2 Å². The molecule has 5 rings (SSSR count). The Labute approximate surface area is 287 Å². The van der Waals surface area contributed by atoms with Gasteiger partial charge in [0.15, 0.2) is 0 Å².